The maximum atomic E-state index is 12.6. The van der Waals surface area contributed by atoms with Crippen molar-refractivity contribution < 1.29 is 9.59 Å². The van der Waals surface area contributed by atoms with E-state index >= 15 is 0 Å². The van der Waals surface area contributed by atoms with Crippen LogP contribution in [0.25, 0.3) is 16.2 Å². The second-order valence-corrected chi connectivity index (χ2v) is 7.52. The van der Waals surface area contributed by atoms with Crippen LogP contribution in [0.15, 0.2) is 54.4 Å². The summed E-state index contributed by atoms with van der Waals surface area (Å²) in [5.41, 5.74) is 3.26. The van der Waals surface area contributed by atoms with Gasteiger partial charge in [0.05, 0.1) is 23.5 Å². The number of hydrogen-bond donors (Lipinski definition) is 2. The quantitative estimate of drug-likeness (QED) is 0.558. The van der Waals surface area contributed by atoms with Crippen molar-refractivity contribution in [2.24, 2.45) is 5.92 Å². The van der Waals surface area contributed by atoms with Crippen LogP contribution in [0.3, 0.4) is 0 Å². The zero-order valence-electron chi connectivity index (χ0n) is 14.7. The van der Waals surface area contributed by atoms with E-state index in [4.69, 9.17) is 0 Å². The third kappa shape index (κ3) is 2.95. The minimum absolute atomic E-state index is 0.0725. The fourth-order valence-electron chi connectivity index (χ4n) is 3.36. The molecule has 1 aliphatic rings. The first kappa shape index (κ1) is 16.7. The highest BCUT2D eigenvalue weighted by atomic mass is 32.1. The van der Waals surface area contributed by atoms with Crippen molar-refractivity contribution in [3.8, 4) is 11.3 Å². The number of hydrogen-bond acceptors (Lipinski definition) is 5. The van der Waals surface area contributed by atoms with Gasteiger partial charge in [0.1, 0.15) is 0 Å². The summed E-state index contributed by atoms with van der Waals surface area (Å²) < 4.78 is 1.98. The molecule has 2 N–H and O–H groups in total. The number of aromatic amines is 1. The molecule has 3 aromatic heterocycles. The molecular formula is C19H16N6O2S. The van der Waals surface area contributed by atoms with Crippen LogP contribution in [-0.4, -0.2) is 37.9 Å². The standard InChI is InChI=1S/C19H16N6O2S/c26-17-7-13(10-25(17)15-8-20-21-9-15)18(27)22-14-3-1-12(2-4-14)16-11-24-5-6-28-19(24)23-16/h1-6,8-9,11,13H,7,10H2,(H,20,21)(H,22,27)/t13-/m1/s1. The van der Waals surface area contributed by atoms with Gasteiger partial charge in [-0.1, -0.05) is 12.1 Å². The number of nitrogens with zero attached hydrogens (tertiary/aromatic N) is 4. The SMILES string of the molecule is O=C(Nc1ccc(-c2cn3ccsc3n2)cc1)[C@@H]1CC(=O)N(c2cn[nH]c2)C1. The third-order valence-corrected chi connectivity index (χ3v) is 5.60. The normalized spacial score (nSPS) is 16.8. The van der Waals surface area contributed by atoms with Crippen molar-refractivity contribution in [3.63, 3.8) is 0 Å². The Morgan fingerprint density at radius 3 is 2.89 bits per heavy atom. The maximum Gasteiger partial charge on any atom is 0.229 e. The molecule has 28 heavy (non-hydrogen) atoms. The van der Waals surface area contributed by atoms with Crippen LogP contribution in [0, 0.1) is 5.92 Å². The van der Waals surface area contributed by atoms with Gasteiger partial charge in [-0.25, -0.2) is 4.98 Å². The topological polar surface area (TPSA) is 95.4 Å². The second-order valence-electron chi connectivity index (χ2n) is 6.65. The van der Waals surface area contributed by atoms with Gasteiger partial charge in [-0.3, -0.25) is 19.1 Å². The molecular weight excluding hydrogens is 376 g/mol. The van der Waals surface area contributed by atoms with Gasteiger partial charge in [0.25, 0.3) is 0 Å². The first-order valence-electron chi connectivity index (χ1n) is 8.80. The van der Waals surface area contributed by atoms with Crippen LogP contribution >= 0.6 is 11.3 Å². The second kappa shape index (κ2) is 6.61. The Bertz CT molecular complexity index is 1120. The number of carbonyl (C=O) groups excluding carboxylic acids is 2. The zero-order chi connectivity index (χ0) is 19.1. The van der Waals surface area contributed by atoms with E-state index in [1.807, 2.05) is 46.4 Å². The van der Waals surface area contributed by atoms with E-state index < -0.39 is 0 Å². The molecule has 1 aromatic carbocycles. The van der Waals surface area contributed by atoms with Crippen molar-refractivity contribution >= 4 is 39.5 Å². The lowest BCUT2D eigenvalue weighted by Gasteiger charge is -2.14. The Hall–Kier alpha value is -3.46. The molecule has 1 saturated heterocycles. The molecule has 5 rings (SSSR count). The molecule has 1 aliphatic heterocycles. The number of carbonyl (C=O) groups is 2. The van der Waals surface area contributed by atoms with E-state index in [0.29, 0.717) is 17.9 Å². The molecule has 1 atom stereocenters. The van der Waals surface area contributed by atoms with E-state index in [2.05, 4.69) is 20.5 Å². The van der Waals surface area contributed by atoms with Gasteiger partial charge in [0.15, 0.2) is 4.96 Å². The number of anilines is 2. The molecule has 1 fully saturated rings. The van der Waals surface area contributed by atoms with Gasteiger partial charge in [-0.2, -0.15) is 5.10 Å². The van der Waals surface area contributed by atoms with E-state index in [1.54, 1.807) is 28.6 Å². The number of imidazole rings is 1. The summed E-state index contributed by atoms with van der Waals surface area (Å²) in [5, 5.41) is 11.4. The number of H-pyrrole nitrogens is 1. The molecule has 4 aromatic rings. The van der Waals surface area contributed by atoms with Crippen LogP contribution in [0.4, 0.5) is 11.4 Å². The zero-order valence-corrected chi connectivity index (χ0v) is 15.5. The number of aromatic nitrogens is 4. The first-order valence-corrected chi connectivity index (χ1v) is 9.68. The number of nitrogens with one attached hydrogen (secondary N) is 2. The van der Waals surface area contributed by atoms with Crippen molar-refractivity contribution in [1.29, 1.82) is 0 Å². The molecule has 9 heteroatoms. The lowest BCUT2D eigenvalue weighted by atomic mass is 10.1. The Kier molecular flexibility index (Phi) is 3.94. The molecule has 0 radical (unpaired) electrons. The summed E-state index contributed by atoms with van der Waals surface area (Å²) in [7, 11) is 0. The summed E-state index contributed by atoms with van der Waals surface area (Å²) in [4.78, 5) is 31.9. The summed E-state index contributed by atoms with van der Waals surface area (Å²) in [6.07, 6.45) is 7.38. The molecule has 0 saturated carbocycles. The molecule has 8 nitrogen and oxygen atoms in total. The minimum Gasteiger partial charge on any atom is -0.326 e. The fourth-order valence-corrected chi connectivity index (χ4v) is 4.06. The monoisotopic (exact) mass is 392 g/mol. The molecule has 0 bridgehead atoms. The van der Waals surface area contributed by atoms with Crippen LogP contribution < -0.4 is 10.2 Å². The average Bonchev–Trinajstić information content (AvgIpc) is 3.45. The van der Waals surface area contributed by atoms with Gasteiger partial charge in [0, 0.05) is 48.2 Å². The van der Waals surface area contributed by atoms with Crippen molar-refractivity contribution in [2.75, 3.05) is 16.8 Å². The predicted octanol–water partition coefficient (Wildman–Crippen LogP) is 2.78. The molecule has 0 aliphatic carbocycles. The summed E-state index contributed by atoms with van der Waals surface area (Å²) in [6, 6.07) is 7.57. The number of benzene rings is 1. The Morgan fingerprint density at radius 2 is 2.14 bits per heavy atom. The number of fused-ring (bicyclic) bond motifs is 1. The van der Waals surface area contributed by atoms with E-state index in [9.17, 15) is 9.59 Å². The van der Waals surface area contributed by atoms with Crippen LogP contribution in [-0.2, 0) is 9.59 Å². The first-order chi connectivity index (χ1) is 13.7. The Labute approximate surface area is 163 Å². The minimum atomic E-state index is -0.387. The van der Waals surface area contributed by atoms with E-state index in [1.165, 1.54) is 0 Å². The average molecular weight is 392 g/mol. The van der Waals surface area contributed by atoms with Crippen LogP contribution in [0.5, 0.6) is 0 Å². The highest BCUT2D eigenvalue weighted by Crippen LogP contribution is 2.26. The van der Waals surface area contributed by atoms with E-state index in [-0.39, 0.29) is 24.2 Å². The third-order valence-electron chi connectivity index (χ3n) is 4.83. The maximum absolute atomic E-state index is 12.6. The van der Waals surface area contributed by atoms with Crippen LogP contribution in [0.1, 0.15) is 6.42 Å². The van der Waals surface area contributed by atoms with E-state index in [0.717, 1.165) is 16.2 Å². The largest absolute Gasteiger partial charge is 0.326 e. The summed E-state index contributed by atoms with van der Waals surface area (Å²) in [6.45, 7) is 0.355. The summed E-state index contributed by atoms with van der Waals surface area (Å²) >= 11 is 1.59. The highest BCUT2D eigenvalue weighted by molar-refractivity contribution is 7.15. The van der Waals surface area contributed by atoms with Crippen molar-refractivity contribution in [3.05, 3.63) is 54.4 Å². The highest BCUT2D eigenvalue weighted by Gasteiger charge is 2.35. The molecule has 0 unspecified atom stereocenters. The van der Waals surface area contributed by atoms with Gasteiger partial charge in [-0.15, -0.1) is 11.3 Å². The fraction of sp³-hybridized carbons (Fsp3) is 0.158. The van der Waals surface area contributed by atoms with Crippen molar-refractivity contribution in [2.45, 2.75) is 6.42 Å². The summed E-state index contributed by atoms with van der Waals surface area (Å²) in [5.74, 6) is -0.617. The smallest absolute Gasteiger partial charge is 0.229 e. The Morgan fingerprint density at radius 1 is 1.29 bits per heavy atom. The molecule has 2 amide bonds. The van der Waals surface area contributed by atoms with Gasteiger partial charge in [-0.05, 0) is 12.1 Å². The number of amides is 2. The van der Waals surface area contributed by atoms with Gasteiger partial charge in [0.2, 0.25) is 11.8 Å². The molecule has 4 heterocycles. The van der Waals surface area contributed by atoms with Gasteiger partial charge >= 0.3 is 0 Å². The molecule has 140 valence electrons. The van der Waals surface area contributed by atoms with Crippen LogP contribution in [0.2, 0.25) is 0 Å². The number of thiazole rings is 1. The lowest BCUT2D eigenvalue weighted by molar-refractivity contribution is -0.122. The van der Waals surface area contributed by atoms with Crippen molar-refractivity contribution in [1.82, 2.24) is 19.6 Å². The molecule has 0 spiro atoms. The lowest BCUT2D eigenvalue weighted by Crippen LogP contribution is -2.27. The Balaban J connectivity index is 1.26. The predicted molar refractivity (Wildman–Crippen MR) is 106 cm³/mol. The van der Waals surface area contributed by atoms with Gasteiger partial charge < -0.3 is 10.2 Å². The number of rotatable bonds is 4.